The lowest BCUT2D eigenvalue weighted by molar-refractivity contribution is 0.0627. The molecule has 8 heteroatoms. The van der Waals surface area contributed by atoms with Gasteiger partial charge in [0.05, 0.1) is 23.1 Å². The van der Waals surface area contributed by atoms with Gasteiger partial charge in [0, 0.05) is 37.2 Å². The Hall–Kier alpha value is -2.84. The van der Waals surface area contributed by atoms with Crippen LogP contribution in [0, 0.1) is 6.92 Å². The summed E-state index contributed by atoms with van der Waals surface area (Å²) in [6, 6.07) is 14.0. The molecule has 2 aliphatic rings. The number of hydrogen-bond acceptors (Lipinski definition) is 5. The summed E-state index contributed by atoms with van der Waals surface area (Å²) < 4.78 is 13.7. The Morgan fingerprint density at radius 1 is 1.03 bits per heavy atom. The zero-order valence-electron chi connectivity index (χ0n) is 17.3. The molecule has 3 heterocycles. The van der Waals surface area contributed by atoms with E-state index in [0.717, 1.165) is 47.0 Å². The zero-order chi connectivity index (χ0) is 21.4. The third kappa shape index (κ3) is 4.05. The minimum Gasteiger partial charge on any atom is -0.454 e. The second-order valence-corrected chi connectivity index (χ2v) is 8.70. The molecule has 1 saturated heterocycles. The maximum Gasteiger partial charge on any atom is 0.257 e. The lowest BCUT2D eigenvalue weighted by atomic mass is 10.1. The molecule has 2 aromatic carbocycles. The Bertz CT molecular complexity index is 1100. The number of nitrogens with zero attached hydrogens (tertiary/aromatic N) is 4. The van der Waals surface area contributed by atoms with Crippen LogP contribution in [0.25, 0.3) is 5.69 Å². The lowest BCUT2D eigenvalue weighted by Gasteiger charge is -2.34. The average Bonchev–Trinajstić information content (AvgIpc) is 3.40. The molecular formula is C23H23BrN4O3. The Balaban J connectivity index is 1.22. The molecule has 160 valence electrons. The summed E-state index contributed by atoms with van der Waals surface area (Å²) in [7, 11) is 0. The van der Waals surface area contributed by atoms with Gasteiger partial charge in [-0.05, 0) is 48.9 Å². The molecule has 0 bridgehead atoms. The fourth-order valence-corrected chi connectivity index (χ4v) is 4.30. The van der Waals surface area contributed by atoms with Crippen LogP contribution in [-0.2, 0) is 6.54 Å². The fraction of sp³-hybridized carbons (Fsp3) is 0.304. The molecule has 1 aromatic heterocycles. The summed E-state index contributed by atoms with van der Waals surface area (Å²) in [5, 5.41) is 4.45. The molecule has 1 amide bonds. The van der Waals surface area contributed by atoms with Crippen LogP contribution in [0.1, 0.15) is 21.6 Å². The Morgan fingerprint density at radius 3 is 2.55 bits per heavy atom. The minimum absolute atomic E-state index is 0.0450. The molecular weight excluding hydrogens is 460 g/mol. The van der Waals surface area contributed by atoms with Gasteiger partial charge in [0.15, 0.2) is 11.5 Å². The zero-order valence-corrected chi connectivity index (χ0v) is 18.8. The van der Waals surface area contributed by atoms with Crippen LogP contribution < -0.4 is 9.47 Å². The summed E-state index contributed by atoms with van der Waals surface area (Å²) in [5.74, 6) is 1.66. The van der Waals surface area contributed by atoms with E-state index in [9.17, 15) is 4.79 Å². The number of piperazine rings is 1. The van der Waals surface area contributed by atoms with E-state index in [1.54, 1.807) is 6.20 Å². The molecule has 0 unspecified atom stereocenters. The van der Waals surface area contributed by atoms with Crippen molar-refractivity contribution in [1.29, 1.82) is 0 Å². The highest BCUT2D eigenvalue weighted by atomic mass is 79.9. The maximum absolute atomic E-state index is 13.1. The molecule has 3 aromatic rings. The van der Waals surface area contributed by atoms with Crippen molar-refractivity contribution >= 4 is 21.8 Å². The SMILES string of the molecule is Cc1c(C(=O)N2CCN(Cc3ccc4c(c3)OCO4)CC2)cnn1-c1ccc(Br)cc1. The monoisotopic (exact) mass is 482 g/mol. The second kappa shape index (κ2) is 8.36. The van der Waals surface area contributed by atoms with Crippen LogP contribution in [0.15, 0.2) is 53.1 Å². The van der Waals surface area contributed by atoms with Gasteiger partial charge in [-0.1, -0.05) is 22.0 Å². The maximum atomic E-state index is 13.1. The first kappa shape index (κ1) is 20.1. The predicted octanol–water partition coefficient (Wildman–Crippen LogP) is 3.63. The van der Waals surface area contributed by atoms with E-state index in [4.69, 9.17) is 9.47 Å². The molecule has 5 rings (SSSR count). The lowest BCUT2D eigenvalue weighted by Crippen LogP contribution is -2.48. The van der Waals surface area contributed by atoms with Crippen molar-refractivity contribution in [2.24, 2.45) is 0 Å². The smallest absolute Gasteiger partial charge is 0.257 e. The van der Waals surface area contributed by atoms with Crippen LogP contribution in [0.4, 0.5) is 0 Å². The molecule has 0 atom stereocenters. The van der Waals surface area contributed by atoms with Crippen LogP contribution in [-0.4, -0.2) is 58.5 Å². The van der Waals surface area contributed by atoms with Gasteiger partial charge in [0.2, 0.25) is 6.79 Å². The first-order valence-corrected chi connectivity index (χ1v) is 11.1. The number of amides is 1. The van der Waals surface area contributed by atoms with Gasteiger partial charge in [-0.25, -0.2) is 4.68 Å². The van der Waals surface area contributed by atoms with E-state index in [0.29, 0.717) is 18.7 Å². The van der Waals surface area contributed by atoms with E-state index in [2.05, 4.69) is 32.0 Å². The van der Waals surface area contributed by atoms with Crippen molar-refractivity contribution in [3.8, 4) is 17.2 Å². The Kier molecular flexibility index (Phi) is 5.41. The molecule has 0 saturated carbocycles. The van der Waals surface area contributed by atoms with Gasteiger partial charge in [-0.15, -0.1) is 0 Å². The van der Waals surface area contributed by atoms with Gasteiger partial charge >= 0.3 is 0 Å². The third-order valence-electron chi connectivity index (χ3n) is 5.81. The number of fused-ring (bicyclic) bond motifs is 1. The van der Waals surface area contributed by atoms with Gasteiger partial charge in [0.25, 0.3) is 5.91 Å². The molecule has 2 aliphatic heterocycles. The first-order valence-electron chi connectivity index (χ1n) is 10.3. The topological polar surface area (TPSA) is 59.8 Å². The third-order valence-corrected chi connectivity index (χ3v) is 6.34. The average molecular weight is 483 g/mol. The number of benzene rings is 2. The molecule has 0 N–H and O–H groups in total. The van der Waals surface area contributed by atoms with Crippen LogP contribution in [0.5, 0.6) is 11.5 Å². The standard InChI is InChI=1S/C23H23BrN4O3/c1-16-20(13-25-28(16)19-5-3-18(24)4-6-19)23(29)27-10-8-26(9-11-27)14-17-2-7-21-22(12-17)31-15-30-21/h2-7,12-13H,8-11,14-15H2,1H3. The van der Waals surface area contributed by atoms with Crippen molar-refractivity contribution in [1.82, 2.24) is 19.6 Å². The summed E-state index contributed by atoms with van der Waals surface area (Å²) in [5.41, 5.74) is 3.64. The molecule has 1 fully saturated rings. The molecule has 0 radical (unpaired) electrons. The minimum atomic E-state index is 0.0450. The summed E-state index contributed by atoms with van der Waals surface area (Å²) in [4.78, 5) is 17.4. The molecule has 0 spiro atoms. The van der Waals surface area contributed by atoms with E-state index < -0.39 is 0 Å². The highest BCUT2D eigenvalue weighted by molar-refractivity contribution is 9.10. The number of hydrogen-bond donors (Lipinski definition) is 0. The molecule has 31 heavy (non-hydrogen) atoms. The van der Waals surface area contributed by atoms with Crippen molar-refractivity contribution < 1.29 is 14.3 Å². The Morgan fingerprint density at radius 2 is 1.77 bits per heavy atom. The van der Waals surface area contributed by atoms with Crippen LogP contribution in [0.2, 0.25) is 0 Å². The van der Waals surface area contributed by atoms with E-state index in [1.807, 2.05) is 52.9 Å². The first-order chi connectivity index (χ1) is 15.1. The van der Waals surface area contributed by atoms with Gasteiger partial charge < -0.3 is 14.4 Å². The van der Waals surface area contributed by atoms with Crippen LogP contribution in [0.3, 0.4) is 0 Å². The fourth-order valence-electron chi connectivity index (χ4n) is 4.04. The highest BCUT2D eigenvalue weighted by Gasteiger charge is 2.25. The number of rotatable bonds is 4. The van der Waals surface area contributed by atoms with Gasteiger partial charge in [0.1, 0.15) is 0 Å². The summed E-state index contributed by atoms with van der Waals surface area (Å²) in [6.07, 6.45) is 1.68. The largest absolute Gasteiger partial charge is 0.454 e. The predicted molar refractivity (Wildman–Crippen MR) is 120 cm³/mol. The van der Waals surface area contributed by atoms with E-state index in [-0.39, 0.29) is 12.7 Å². The number of halogens is 1. The molecule has 7 nitrogen and oxygen atoms in total. The number of carbonyl (C=O) groups is 1. The Labute approximate surface area is 189 Å². The van der Waals surface area contributed by atoms with Gasteiger partial charge in [-0.2, -0.15) is 5.10 Å². The molecule has 0 aliphatic carbocycles. The van der Waals surface area contributed by atoms with E-state index in [1.165, 1.54) is 5.56 Å². The quantitative estimate of drug-likeness (QED) is 0.568. The van der Waals surface area contributed by atoms with Gasteiger partial charge in [-0.3, -0.25) is 9.69 Å². The van der Waals surface area contributed by atoms with Crippen molar-refractivity contribution in [2.45, 2.75) is 13.5 Å². The van der Waals surface area contributed by atoms with Crippen molar-refractivity contribution in [2.75, 3.05) is 33.0 Å². The number of aromatic nitrogens is 2. The number of ether oxygens (including phenoxy) is 2. The van der Waals surface area contributed by atoms with E-state index >= 15 is 0 Å². The van der Waals surface area contributed by atoms with Crippen molar-refractivity contribution in [3.63, 3.8) is 0 Å². The highest BCUT2D eigenvalue weighted by Crippen LogP contribution is 2.33. The number of carbonyl (C=O) groups excluding carboxylic acids is 1. The van der Waals surface area contributed by atoms with Crippen molar-refractivity contribution in [3.05, 3.63) is 70.0 Å². The summed E-state index contributed by atoms with van der Waals surface area (Å²) in [6.45, 7) is 6.13. The second-order valence-electron chi connectivity index (χ2n) is 7.79. The van der Waals surface area contributed by atoms with Crippen LogP contribution >= 0.6 is 15.9 Å². The normalized spacial score (nSPS) is 16.0. The summed E-state index contributed by atoms with van der Waals surface area (Å²) >= 11 is 3.45.